The molecule has 0 radical (unpaired) electrons. The number of methoxy groups -OCH3 is 2. The van der Waals surface area contributed by atoms with Gasteiger partial charge in [0.1, 0.15) is 11.3 Å². The number of carbonyl (C=O) groups excluding carboxylic acids is 1. The summed E-state index contributed by atoms with van der Waals surface area (Å²) in [7, 11) is 2.67. The molecule has 1 N–H and O–H groups in total. The Morgan fingerprint density at radius 3 is 2.31 bits per heavy atom. The van der Waals surface area contributed by atoms with Gasteiger partial charge in [-0.15, -0.1) is 0 Å². The minimum Gasteiger partial charge on any atom is -0.464 e. The topological polar surface area (TPSA) is 80.5 Å². The Bertz CT molecular complexity index is 368. The van der Waals surface area contributed by atoms with Crippen LogP contribution in [0.25, 0.3) is 0 Å². The smallest absolute Gasteiger partial charge is 0.358 e. The number of carbonyl (C=O) groups is 1. The zero-order valence-electron chi connectivity index (χ0n) is 10.1. The minimum atomic E-state index is -1.27. The van der Waals surface area contributed by atoms with Gasteiger partial charge >= 0.3 is 5.97 Å². The Morgan fingerprint density at radius 1 is 1.38 bits per heavy atom. The molecule has 0 aromatic carbocycles. The average Bonchev–Trinajstić information content (AvgIpc) is 2.56. The lowest BCUT2D eigenvalue weighted by molar-refractivity contribution is -0.132. The van der Waals surface area contributed by atoms with E-state index in [1.54, 1.807) is 6.92 Å². The van der Waals surface area contributed by atoms with Crippen molar-refractivity contribution in [3.05, 3.63) is 0 Å². The molecule has 6 nitrogen and oxygen atoms in total. The standard InChI is InChI=1S/C10H16N2O4/c1-9(2,14)7-6(8(13)15-4)11-10(3,12-7)16-5/h14H,1-5H3. The van der Waals surface area contributed by atoms with Crippen LogP contribution in [0.4, 0.5) is 0 Å². The number of nitrogens with zero attached hydrogens (tertiary/aromatic N) is 2. The second-order valence-corrected chi connectivity index (χ2v) is 4.11. The van der Waals surface area contributed by atoms with E-state index in [-0.39, 0.29) is 11.4 Å². The maximum absolute atomic E-state index is 11.5. The molecule has 0 aromatic rings. The van der Waals surface area contributed by atoms with Crippen LogP contribution in [0.1, 0.15) is 20.8 Å². The van der Waals surface area contributed by atoms with Crippen molar-refractivity contribution in [1.29, 1.82) is 0 Å². The Balaban J connectivity index is 3.21. The second kappa shape index (κ2) is 3.95. The van der Waals surface area contributed by atoms with Crippen molar-refractivity contribution in [2.24, 2.45) is 9.98 Å². The fraction of sp³-hybridized carbons (Fsp3) is 0.700. The van der Waals surface area contributed by atoms with Gasteiger partial charge in [-0.1, -0.05) is 0 Å². The fourth-order valence-electron chi connectivity index (χ4n) is 1.30. The summed E-state index contributed by atoms with van der Waals surface area (Å²) >= 11 is 0. The number of hydrogen-bond donors (Lipinski definition) is 1. The quantitative estimate of drug-likeness (QED) is 0.697. The summed E-state index contributed by atoms with van der Waals surface area (Å²) in [6.45, 7) is 4.63. The predicted octanol–water partition coefficient (Wildman–Crippen LogP) is 0.146. The van der Waals surface area contributed by atoms with Crippen LogP contribution in [0.5, 0.6) is 0 Å². The Hall–Kier alpha value is -1.27. The van der Waals surface area contributed by atoms with Gasteiger partial charge in [-0.2, -0.15) is 0 Å². The summed E-state index contributed by atoms with van der Waals surface area (Å²) in [5.41, 5.74) is -1.10. The molecule has 0 aliphatic carbocycles. The van der Waals surface area contributed by atoms with Crippen molar-refractivity contribution in [2.45, 2.75) is 32.2 Å². The van der Waals surface area contributed by atoms with E-state index in [1.165, 1.54) is 28.1 Å². The monoisotopic (exact) mass is 228 g/mol. The van der Waals surface area contributed by atoms with Gasteiger partial charge < -0.3 is 14.6 Å². The molecule has 0 bridgehead atoms. The summed E-state index contributed by atoms with van der Waals surface area (Å²) in [6.07, 6.45) is 0. The van der Waals surface area contributed by atoms with Crippen molar-refractivity contribution in [3.63, 3.8) is 0 Å². The van der Waals surface area contributed by atoms with Gasteiger partial charge in [-0.05, 0) is 13.8 Å². The van der Waals surface area contributed by atoms with Crippen LogP contribution in [-0.4, -0.2) is 48.2 Å². The lowest BCUT2D eigenvalue weighted by Crippen LogP contribution is -2.39. The van der Waals surface area contributed by atoms with Crippen LogP contribution >= 0.6 is 0 Å². The number of rotatable bonds is 3. The maximum Gasteiger partial charge on any atom is 0.358 e. The summed E-state index contributed by atoms with van der Waals surface area (Å²) in [6, 6.07) is 0. The lowest BCUT2D eigenvalue weighted by Gasteiger charge is -2.18. The number of hydrogen-bond acceptors (Lipinski definition) is 6. The van der Waals surface area contributed by atoms with Crippen LogP contribution in [-0.2, 0) is 14.3 Å². The third kappa shape index (κ3) is 2.28. The van der Waals surface area contributed by atoms with Crippen molar-refractivity contribution < 1.29 is 19.4 Å². The molecule has 1 aliphatic heterocycles. The van der Waals surface area contributed by atoms with E-state index in [0.717, 1.165) is 0 Å². The first-order valence-corrected chi connectivity index (χ1v) is 4.80. The molecule has 0 saturated carbocycles. The molecule has 16 heavy (non-hydrogen) atoms. The molecule has 0 fully saturated rings. The van der Waals surface area contributed by atoms with E-state index in [4.69, 9.17) is 4.74 Å². The van der Waals surface area contributed by atoms with Crippen molar-refractivity contribution in [2.75, 3.05) is 14.2 Å². The van der Waals surface area contributed by atoms with Crippen LogP contribution in [0.3, 0.4) is 0 Å². The van der Waals surface area contributed by atoms with Crippen LogP contribution in [0, 0.1) is 0 Å². The molecule has 1 heterocycles. The van der Waals surface area contributed by atoms with Gasteiger partial charge in [0.05, 0.1) is 7.11 Å². The van der Waals surface area contributed by atoms with E-state index in [0.29, 0.717) is 0 Å². The highest BCUT2D eigenvalue weighted by atomic mass is 16.5. The Morgan fingerprint density at radius 2 is 1.94 bits per heavy atom. The molecule has 0 aromatic heterocycles. The Kier molecular flexibility index (Phi) is 3.16. The van der Waals surface area contributed by atoms with E-state index in [1.807, 2.05) is 0 Å². The molecule has 0 saturated heterocycles. The molecule has 0 amide bonds. The van der Waals surface area contributed by atoms with Gasteiger partial charge in [0.2, 0.25) is 0 Å². The van der Waals surface area contributed by atoms with E-state index in [9.17, 15) is 9.90 Å². The summed E-state index contributed by atoms with van der Waals surface area (Å²) < 4.78 is 9.64. The molecule has 90 valence electrons. The summed E-state index contributed by atoms with van der Waals surface area (Å²) in [5, 5.41) is 9.89. The molecule has 1 rings (SSSR count). The predicted molar refractivity (Wildman–Crippen MR) is 58.6 cm³/mol. The zero-order valence-corrected chi connectivity index (χ0v) is 10.1. The maximum atomic E-state index is 11.5. The normalized spacial score (nSPS) is 25.1. The highest BCUT2D eigenvalue weighted by Gasteiger charge is 2.41. The SMILES string of the molecule is COC(=O)C1=NC(C)(OC)N=C1C(C)(C)O. The number of ether oxygens (including phenoxy) is 2. The van der Waals surface area contributed by atoms with Gasteiger partial charge in [-0.3, -0.25) is 0 Å². The van der Waals surface area contributed by atoms with Gasteiger partial charge in [0, 0.05) is 14.0 Å². The lowest BCUT2D eigenvalue weighted by atomic mass is 9.99. The third-order valence-corrected chi connectivity index (χ3v) is 2.21. The highest BCUT2D eigenvalue weighted by molar-refractivity contribution is 6.67. The van der Waals surface area contributed by atoms with Crippen LogP contribution in [0.15, 0.2) is 9.98 Å². The molecule has 1 unspecified atom stereocenters. The van der Waals surface area contributed by atoms with Gasteiger partial charge in [0.25, 0.3) is 5.85 Å². The molecule has 1 aliphatic rings. The number of esters is 1. The number of aliphatic imine (C=N–C) groups is 2. The van der Waals surface area contributed by atoms with Crippen LogP contribution in [0.2, 0.25) is 0 Å². The first kappa shape index (κ1) is 12.8. The van der Waals surface area contributed by atoms with Crippen molar-refractivity contribution in [1.82, 2.24) is 0 Å². The fourth-order valence-corrected chi connectivity index (χ4v) is 1.30. The Labute approximate surface area is 94.0 Å². The van der Waals surface area contributed by atoms with Crippen LogP contribution < -0.4 is 0 Å². The third-order valence-electron chi connectivity index (χ3n) is 2.21. The zero-order chi connectivity index (χ0) is 12.6. The van der Waals surface area contributed by atoms with E-state index >= 15 is 0 Å². The second-order valence-electron chi connectivity index (χ2n) is 4.11. The van der Waals surface area contributed by atoms with Gasteiger partial charge in [-0.25, -0.2) is 14.8 Å². The highest BCUT2D eigenvalue weighted by Crippen LogP contribution is 2.24. The van der Waals surface area contributed by atoms with E-state index in [2.05, 4.69) is 14.7 Å². The minimum absolute atomic E-state index is 0.000602. The first-order chi connectivity index (χ1) is 7.23. The first-order valence-electron chi connectivity index (χ1n) is 4.80. The molecule has 0 spiro atoms. The molecule has 6 heteroatoms. The molecular weight excluding hydrogens is 212 g/mol. The van der Waals surface area contributed by atoms with E-state index < -0.39 is 17.4 Å². The number of aliphatic hydroxyl groups is 1. The van der Waals surface area contributed by atoms with Crippen molar-refractivity contribution in [3.8, 4) is 0 Å². The average molecular weight is 228 g/mol. The molecular formula is C10H16N2O4. The summed E-state index contributed by atoms with van der Waals surface area (Å²) in [4.78, 5) is 19.6. The molecule has 1 atom stereocenters. The van der Waals surface area contributed by atoms with Gasteiger partial charge in [0.15, 0.2) is 5.71 Å². The largest absolute Gasteiger partial charge is 0.464 e. The summed E-state index contributed by atoms with van der Waals surface area (Å²) in [5.74, 6) is -1.81. The van der Waals surface area contributed by atoms with Crippen molar-refractivity contribution >= 4 is 17.4 Å².